The molecule has 3 heteroatoms. The number of hydrogen-bond donors (Lipinski definition) is 1. The molecule has 2 N–H and O–H groups in total. The molecule has 0 unspecified atom stereocenters. The molecule has 2 aromatic rings. The molecule has 0 aromatic heterocycles. The van der Waals surface area contributed by atoms with E-state index in [1.165, 1.54) is 12.1 Å². The van der Waals surface area contributed by atoms with Crippen molar-refractivity contribution < 1.29 is 9.13 Å². The third-order valence-electron chi connectivity index (χ3n) is 2.64. The summed E-state index contributed by atoms with van der Waals surface area (Å²) in [6.07, 6.45) is 0.670. The van der Waals surface area contributed by atoms with Crippen molar-refractivity contribution in [3.05, 3.63) is 59.4 Å². The number of anilines is 1. The summed E-state index contributed by atoms with van der Waals surface area (Å²) in [7, 11) is 1.63. The van der Waals surface area contributed by atoms with Crippen LogP contribution in [0.3, 0.4) is 0 Å². The Kier molecular flexibility index (Phi) is 3.28. The molecule has 2 rings (SSSR count). The zero-order chi connectivity index (χ0) is 12.3. The Morgan fingerprint density at radius 1 is 1.18 bits per heavy atom. The zero-order valence-electron chi connectivity index (χ0n) is 9.61. The number of halogens is 1. The van der Waals surface area contributed by atoms with Crippen molar-refractivity contribution in [2.24, 2.45) is 0 Å². The van der Waals surface area contributed by atoms with Crippen LogP contribution in [0.1, 0.15) is 11.1 Å². The highest BCUT2D eigenvalue weighted by Gasteiger charge is 2.03. The van der Waals surface area contributed by atoms with E-state index in [1.807, 2.05) is 24.3 Å². The van der Waals surface area contributed by atoms with E-state index in [2.05, 4.69) is 0 Å². The van der Waals surface area contributed by atoms with Gasteiger partial charge in [0.2, 0.25) is 0 Å². The van der Waals surface area contributed by atoms with Gasteiger partial charge in [0, 0.05) is 5.69 Å². The van der Waals surface area contributed by atoms with Gasteiger partial charge in [0.25, 0.3) is 0 Å². The first-order valence-electron chi connectivity index (χ1n) is 5.36. The maximum atomic E-state index is 12.9. The predicted octanol–water partition coefficient (Wildman–Crippen LogP) is 3.01. The molecule has 0 fully saturated rings. The lowest BCUT2D eigenvalue weighted by molar-refractivity contribution is 0.414. The monoisotopic (exact) mass is 231 g/mol. The summed E-state index contributed by atoms with van der Waals surface area (Å²) in [4.78, 5) is 0. The number of nitrogens with two attached hydrogens (primary N) is 1. The van der Waals surface area contributed by atoms with E-state index in [1.54, 1.807) is 13.2 Å². The van der Waals surface area contributed by atoms with Crippen molar-refractivity contribution in [1.82, 2.24) is 0 Å². The molecule has 0 aliphatic heterocycles. The first kappa shape index (κ1) is 11.5. The number of hydrogen-bond acceptors (Lipinski definition) is 2. The third kappa shape index (κ3) is 2.75. The molecule has 0 saturated carbocycles. The summed E-state index contributed by atoms with van der Waals surface area (Å²) in [5.74, 6) is 0.500. The Balaban J connectivity index is 2.25. The number of methoxy groups -OCH3 is 1. The molecular formula is C14H14FNO. The maximum Gasteiger partial charge on any atom is 0.125 e. The zero-order valence-corrected chi connectivity index (χ0v) is 9.61. The van der Waals surface area contributed by atoms with Gasteiger partial charge >= 0.3 is 0 Å². The van der Waals surface area contributed by atoms with Crippen molar-refractivity contribution in [3.8, 4) is 5.75 Å². The molecule has 0 aliphatic rings. The van der Waals surface area contributed by atoms with Crippen LogP contribution in [-0.4, -0.2) is 7.11 Å². The number of rotatable bonds is 3. The lowest BCUT2D eigenvalue weighted by Gasteiger charge is -2.07. The Bertz CT molecular complexity index is 525. The van der Waals surface area contributed by atoms with Gasteiger partial charge in [-0.25, -0.2) is 4.39 Å². The molecule has 0 aliphatic carbocycles. The summed E-state index contributed by atoms with van der Waals surface area (Å²) < 4.78 is 18.1. The van der Waals surface area contributed by atoms with Crippen molar-refractivity contribution in [2.75, 3.05) is 12.8 Å². The van der Waals surface area contributed by atoms with Gasteiger partial charge < -0.3 is 10.5 Å². The average Bonchev–Trinajstić information content (AvgIpc) is 2.33. The van der Waals surface area contributed by atoms with Crippen LogP contribution >= 0.6 is 0 Å². The molecule has 0 heterocycles. The van der Waals surface area contributed by atoms with Crippen LogP contribution in [-0.2, 0) is 6.42 Å². The fourth-order valence-corrected chi connectivity index (χ4v) is 1.73. The molecule has 17 heavy (non-hydrogen) atoms. The Morgan fingerprint density at radius 3 is 2.71 bits per heavy atom. The molecule has 0 atom stereocenters. The van der Waals surface area contributed by atoms with Gasteiger partial charge in [0.15, 0.2) is 0 Å². The van der Waals surface area contributed by atoms with Crippen molar-refractivity contribution in [2.45, 2.75) is 6.42 Å². The van der Waals surface area contributed by atoms with Crippen LogP contribution in [0.5, 0.6) is 5.75 Å². The van der Waals surface area contributed by atoms with E-state index in [9.17, 15) is 4.39 Å². The third-order valence-corrected chi connectivity index (χ3v) is 2.64. The maximum absolute atomic E-state index is 12.9. The average molecular weight is 231 g/mol. The second kappa shape index (κ2) is 4.87. The van der Waals surface area contributed by atoms with Gasteiger partial charge in [-0.3, -0.25) is 0 Å². The Morgan fingerprint density at radius 2 is 2.00 bits per heavy atom. The van der Waals surface area contributed by atoms with Gasteiger partial charge in [-0.15, -0.1) is 0 Å². The molecule has 88 valence electrons. The van der Waals surface area contributed by atoms with Crippen molar-refractivity contribution >= 4 is 5.69 Å². The Hall–Kier alpha value is -2.03. The summed E-state index contributed by atoms with van der Waals surface area (Å²) in [6, 6.07) is 12.2. The minimum atomic E-state index is -0.308. The lowest BCUT2D eigenvalue weighted by Crippen LogP contribution is -1.97. The molecule has 2 aromatic carbocycles. The summed E-state index contributed by atoms with van der Waals surface area (Å²) in [6.45, 7) is 0. The minimum Gasteiger partial charge on any atom is -0.497 e. The van der Waals surface area contributed by atoms with Crippen molar-refractivity contribution in [1.29, 1.82) is 0 Å². The quantitative estimate of drug-likeness (QED) is 0.824. The van der Waals surface area contributed by atoms with Gasteiger partial charge in [0.05, 0.1) is 7.11 Å². The molecule has 0 spiro atoms. The van der Waals surface area contributed by atoms with Gasteiger partial charge in [0.1, 0.15) is 11.6 Å². The van der Waals surface area contributed by atoms with Gasteiger partial charge in [-0.2, -0.15) is 0 Å². The number of benzene rings is 2. The largest absolute Gasteiger partial charge is 0.497 e. The van der Waals surface area contributed by atoms with E-state index in [-0.39, 0.29) is 5.82 Å². The fraction of sp³-hybridized carbons (Fsp3) is 0.143. The number of ether oxygens (including phenoxy) is 1. The van der Waals surface area contributed by atoms with E-state index in [0.717, 1.165) is 16.9 Å². The van der Waals surface area contributed by atoms with Crippen LogP contribution in [0.15, 0.2) is 42.5 Å². The van der Waals surface area contributed by atoms with E-state index in [0.29, 0.717) is 12.1 Å². The predicted molar refractivity (Wildman–Crippen MR) is 66.6 cm³/mol. The first-order chi connectivity index (χ1) is 8.19. The molecular weight excluding hydrogens is 217 g/mol. The topological polar surface area (TPSA) is 35.2 Å². The highest BCUT2D eigenvalue weighted by molar-refractivity contribution is 5.49. The van der Waals surface area contributed by atoms with E-state index >= 15 is 0 Å². The van der Waals surface area contributed by atoms with E-state index < -0.39 is 0 Å². The highest BCUT2D eigenvalue weighted by atomic mass is 19.1. The van der Waals surface area contributed by atoms with Gasteiger partial charge in [-0.05, 0) is 41.8 Å². The standard InChI is InChI=1S/C14H14FNO/c1-17-13-4-2-3-10(8-13)7-11-5-6-12(15)9-14(11)16/h2-6,8-9H,7,16H2,1H3. The molecule has 0 amide bonds. The molecule has 0 saturated heterocycles. The minimum absolute atomic E-state index is 0.308. The van der Waals surface area contributed by atoms with Crippen LogP contribution in [0.2, 0.25) is 0 Å². The SMILES string of the molecule is COc1cccc(Cc2ccc(F)cc2N)c1. The van der Waals surface area contributed by atoms with Crippen LogP contribution in [0.4, 0.5) is 10.1 Å². The van der Waals surface area contributed by atoms with Gasteiger partial charge in [-0.1, -0.05) is 18.2 Å². The summed E-state index contributed by atoms with van der Waals surface area (Å²) >= 11 is 0. The second-order valence-corrected chi connectivity index (χ2v) is 3.87. The number of nitrogen functional groups attached to an aromatic ring is 1. The molecule has 0 radical (unpaired) electrons. The van der Waals surface area contributed by atoms with E-state index in [4.69, 9.17) is 10.5 Å². The molecule has 0 bridgehead atoms. The summed E-state index contributed by atoms with van der Waals surface area (Å²) in [5.41, 5.74) is 8.25. The highest BCUT2D eigenvalue weighted by Crippen LogP contribution is 2.20. The smallest absolute Gasteiger partial charge is 0.125 e. The first-order valence-corrected chi connectivity index (χ1v) is 5.36. The molecule has 2 nitrogen and oxygen atoms in total. The fourth-order valence-electron chi connectivity index (χ4n) is 1.73. The van der Waals surface area contributed by atoms with Crippen LogP contribution in [0, 0.1) is 5.82 Å². The summed E-state index contributed by atoms with van der Waals surface area (Å²) in [5, 5.41) is 0. The second-order valence-electron chi connectivity index (χ2n) is 3.87. The Labute approximate surface area is 99.8 Å². The lowest BCUT2D eigenvalue weighted by atomic mass is 10.0. The van der Waals surface area contributed by atoms with Crippen LogP contribution < -0.4 is 10.5 Å². The normalized spacial score (nSPS) is 10.2. The van der Waals surface area contributed by atoms with Crippen molar-refractivity contribution in [3.63, 3.8) is 0 Å². The van der Waals surface area contributed by atoms with Crippen LogP contribution in [0.25, 0.3) is 0 Å².